The molecule has 5 nitrogen and oxygen atoms in total. The highest BCUT2D eigenvalue weighted by molar-refractivity contribution is 7.89. The number of nitrogens with one attached hydrogen (secondary N) is 1. The lowest BCUT2D eigenvalue weighted by molar-refractivity contribution is -0.116. The quantitative estimate of drug-likeness (QED) is 0.784. The lowest BCUT2D eigenvalue weighted by Crippen LogP contribution is -2.27. The molecule has 0 radical (unpaired) electrons. The summed E-state index contributed by atoms with van der Waals surface area (Å²) in [6.07, 6.45) is 5.35. The van der Waals surface area contributed by atoms with Crippen molar-refractivity contribution in [3.05, 3.63) is 24.3 Å². The van der Waals surface area contributed by atoms with Gasteiger partial charge in [-0.05, 0) is 43.5 Å². The van der Waals surface area contributed by atoms with Crippen molar-refractivity contribution in [2.24, 2.45) is 0 Å². The molecule has 1 aromatic rings. The van der Waals surface area contributed by atoms with Gasteiger partial charge in [-0.1, -0.05) is 19.8 Å². The molecule has 0 atom stereocenters. The first-order chi connectivity index (χ1) is 10.5. The van der Waals surface area contributed by atoms with Gasteiger partial charge in [-0.15, -0.1) is 0 Å². The van der Waals surface area contributed by atoms with Crippen molar-refractivity contribution >= 4 is 21.6 Å². The molecule has 6 heteroatoms. The van der Waals surface area contributed by atoms with Crippen LogP contribution in [0.1, 0.15) is 45.4 Å². The van der Waals surface area contributed by atoms with Crippen molar-refractivity contribution in [2.45, 2.75) is 50.3 Å². The molecule has 22 heavy (non-hydrogen) atoms. The van der Waals surface area contributed by atoms with Crippen LogP contribution in [0.15, 0.2) is 29.2 Å². The van der Waals surface area contributed by atoms with Crippen molar-refractivity contribution in [1.82, 2.24) is 4.31 Å². The zero-order chi connectivity index (χ0) is 16.0. The molecule has 0 aliphatic carbocycles. The summed E-state index contributed by atoms with van der Waals surface area (Å²) in [5, 5.41) is 2.80. The van der Waals surface area contributed by atoms with Crippen molar-refractivity contribution in [1.29, 1.82) is 0 Å². The van der Waals surface area contributed by atoms with Gasteiger partial charge in [0.2, 0.25) is 15.9 Å². The van der Waals surface area contributed by atoms with E-state index in [4.69, 9.17) is 0 Å². The minimum Gasteiger partial charge on any atom is -0.326 e. The average Bonchev–Trinajstić information content (AvgIpc) is 3.03. The van der Waals surface area contributed by atoms with Crippen molar-refractivity contribution in [3.63, 3.8) is 0 Å². The third-order valence-corrected chi connectivity index (χ3v) is 5.76. The van der Waals surface area contributed by atoms with Gasteiger partial charge in [0, 0.05) is 25.2 Å². The molecule has 1 N–H and O–H groups in total. The third-order valence-electron chi connectivity index (χ3n) is 3.85. The summed E-state index contributed by atoms with van der Waals surface area (Å²) in [7, 11) is -3.38. The zero-order valence-electron chi connectivity index (χ0n) is 13.0. The molecule has 0 bridgehead atoms. The summed E-state index contributed by atoms with van der Waals surface area (Å²) in [5.41, 5.74) is 0.641. The van der Waals surface area contributed by atoms with E-state index < -0.39 is 10.0 Å². The summed E-state index contributed by atoms with van der Waals surface area (Å²) in [5.74, 6) is -0.0244. The Labute approximate surface area is 132 Å². The molecule has 1 fully saturated rings. The van der Waals surface area contributed by atoms with Crippen molar-refractivity contribution in [3.8, 4) is 0 Å². The fourth-order valence-corrected chi connectivity index (χ4v) is 4.06. The summed E-state index contributed by atoms with van der Waals surface area (Å²) < 4.78 is 26.3. The van der Waals surface area contributed by atoms with Crippen LogP contribution in [0.5, 0.6) is 0 Å². The summed E-state index contributed by atoms with van der Waals surface area (Å²) >= 11 is 0. The average molecular weight is 324 g/mol. The number of amides is 1. The first-order valence-electron chi connectivity index (χ1n) is 7.94. The first kappa shape index (κ1) is 17.0. The SMILES string of the molecule is CCCCCC(=O)Nc1ccc(S(=O)(=O)N2CCCC2)cc1. The molecule has 0 saturated carbocycles. The minimum atomic E-state index is -3.38. The van der Waals surface area contributed by atoms with Gasteiger partial charge in [0.25, 0.3) is 0 Å². The van der Waals surface area contributed by atoms with E-state index in [-0.39, 0.29) is 5.91 Å². The third kappa shape index (κ3) is 4.30. The molecule has 2 rings (SSSR count). The van der Waals surface area contributed by atoms with Crippen LogP contribution in [0.4, 0.5) is 5.69 Å². The number of benzene rings is 1. The first-order valence-corrected chi connectivity index (χ1v) is 9.38. The summed E-state index contributed by atoms with van der Waals surface area (Å²) in [6.45, 7) is 3.29. The van der Waals surface area contributed by atoms with Crippen LogP contribution in [-0.2, 0) is 14.8 Å². The Morgan fingerprint density at radius 2 is 1.77 bits per heavy atom. The van der Waals surface area contributed by atoms with Crippen LogP contribution in [0.3, 0.4) is 0 Å². The number of anilines is 1. The monoisotopic (exact) mass is 324 g/mol. The van der Waals surface area contributed by atoms with E-state index in [1.807, 2.05) is 0 Å². The second kappa shape index (κ2) is 7.74. The normalized spacial score (nSPS) is 15.9. The summed E-state index contributed by atoms with van der Waals surface area (Å²) in [4.78, 5) is 12.0. The molecule has 122 valence electrons. The second-order valence-electron chi connectivity index (χ2n) is 5.64. The number of carbonyl (C=O) groups excluding carboxylic acids is 1. The molecule has 0 aromatic heterocycles. The molecule has 0 spiro atoms. The fourth-order valence-electron chi connectivity index (χ4n) is 2.55. The molecule has 1 saturated heterocycles. The number of rotatable bonds is 7. The van der Waals surface area contributed by atoms with Gasteiger partial charge in [-0.2, -0.15) is 4.31 Å². The van der Waals surface area contributed by atoms with E-state index >= 15 is 0 Å². The topological polar surface area (TPSA) is 66.5 Å². The maximum Gasteiger partial charge on any atom is 0.243 e. The Kier molecular flexibility index (Phi) is 5.97. The van der Waals surface area contributed by atoms with Gasteiger partial charge in [-0.3, -0.25) is 4.79 Å². The van der Waals surface area contributed by atoms with Gasteiger partial charge in [-0.25, -0.2) is 8.42 Å². The predicted molar refractivity (Wildman–Crippen MR) is 87.2 cm³/mol. The number of nitrogens with zero attached hydrogens (tertiary/aromatic N) is 1. The molecule has 1 aliphatic rings. The van der Waals surface area contributed by atoms with Crippen LogP contribution in [0, 0.1) is 0 Å². The minimum absolute atomic E-state index is 0.0244. The highest BCUT2D eigenvalue weighted by Gasteiger charge is 2.26. The van der Waals surface area contributed by atoms with Crippen molar-refractivity contribution < 1.29 is 13.2 Å². The molecular weight excluding hydrogens is 300 g/mol. The van der Waals surface area contributed by atoms with Crippen molar-refractivity contribution in [2.75, 3.05) is 18.4 Å². The number of unbranched alkanes of at least 4 members (excludes halogenated alkanes) is 2. The van der Waals surface area contributed by atoms with Gasteiger partial charge < -0.3 is 5.32 Å². The predicted octanol–water partition coefficient (Wildman–Crippen LogP) is 2.99. The fraction of sp³-hybridized carbons (Fsp3) is 0.562. The number of hydrogen-bond donors (Lipinski definition) is 1. The number of carbonyl (C=O) groups is 1. The molecule has 1 aliphatic heterocycles. The van der Waals surface area contributed by atoms with E-state index in [1.165, 1.54) is 4.31 Å². The Hall–Kier alpha value is -1.40. The second-order valence-corrected chi connectivity index (χ2v) is 7.58. The van der Waals surface area contributed by atoms with Crippen LogP contribution < -0.4 is 5.32 Å². The Balaban J connectivity index is 1.96. The largest absolute Gasteiger partial charge is 0.326 e. The van der Waals surface area contributed by atoms with Crippen LogP contribution in [0.25, 0.3) is 0 Å². The highest BCUT2D eigenvalue weighted by atomic mass is 32.2. The highest BCUT2D eigenvalue weighted by Crippen LogP contribution is 2.22. The van der Waals surface area contributed by atoms with Gasteiger partial charge in [0.1, 0.15) is 0 Å². The number of sulfonamides is 1. The lowest BCUT2D eigenvalue weighted by atomic mass is 10.2. The smallest absolute Gasteiger partial charge is 0.243 e. The van der Waals surface area contributed by atoms with Gasteiger partial charge >= 0.3 is 0 Å². The maximum absolute atomic E-state index is 12.4. The molecule has 1 amide bonds. The van der Waals surface area contributed by atoms with Gasteiger partial charge in [0.05, 0.1) is 4.90 Å². The maximum atomic E-state index is 12.4. The molecule has 1 heterocycles. The summed E-state index contributed by atoms with van der Waals surface area (Å²) in [6, 6.07) is 6.44. The molecule has 0 unspecified atom stereocenters. The Bertz CT molecular complexity index is 590. The van der Waals surface area contributed by atoms with E-state index in [1.54, 1.807) is 24.3 Å². The van der Waals surface area contributed by atoms with Crippen LogP contribution in [-0.4, -0.2) is 31.7 Å². The Morgan fingerprint density at radius 1 is 1.14 bits per heavy atom. The van der Waals surface area contributed by atoms with E-state index in [0.29, 0.717) is 30.1 Å². The van der Waals surface area contributed by atoms with Gasteiger partial charge in [0.15, 0.2) is 0 Å². The van der Waals surface area contributed by atoms with Crippen LogP contribution >= 0.6 is 0 Å². The van der Waals surface area contributed by atoms with Crippen LogP contribution in [0.2, 0.25) is 0 Å². The molecule has 1 aromatic carbocycles. The Morgan fingerprint density at radius 3 is 2.36 bits per heavy atom. The van der Waals surface area contributed by atoms with E-state index in [2.05, 4.69) is 12.2 Å². The zero-order valence-corrected chi connectivity index (χ0v) is 13.9. The lowest BCUT2D eigenvalue weighted by Gasteiger charge is -2.15. The van der Waals surface area contributed by atoms with E-state index in [0.717, 1.165) is 32.1 Å². The molecular formula is C16H24N2O3S. The number of hydrogen-bond acceptors (Lipinski definition) is 3. The standard InChI is InChI=1S/C16H24N2O3S/c1-2-3-4-7-16(19)17-14-8-10-15(11-9-14)22(20,21)18-12-5-6-13-18/h8-11H,2-7,12-13H2,1H3,(H,17,19). The van der Waals surface area contributed by atoms with E-state index in [9.17, 15) is 13.2 Å².